The molecule has 0 aliphatic heterocycles. The second kappa shape index (κ2) is 9.97. The van der Waals surface area contributed by atoms with Crippen molar-refractivity contribution >= 4 is 17.3 Å². The molecule has 0 fully saturated rings. The fourth-order valence-electron chi connectivity index (χ4n) is 1.35. The Hall–Kier alpha value is -0.880. The topological polar surface area (TPSA) is 39.7 Å². The van der Waals surface area contributed by atoms with Crippen LogP contribution in [0, 0.1) is 5.82 Å². The molecule has 0 radical (unpaired) electrons. The quantitative estimate of drug-likeness (QED) is 0.673. The van der Waals surface area contributed by atoms with Gasteiger partial charge in [-0.15, -0.1) is 0 Å². The van der Waals surface area contributed by atoms with Crippen molar-refractivity contribution in [1.29, 1.82) is 0 Å². The first-order valence-corrected chi connectivity index (χ1v) is 6.45. The van der Waals surface area contributed by atoms with E-state index in [1.54, 1.807) is 19.2 Å². The maximum atomic E-state index is 13.4. The highest BCUT2D eigenvalue weighted by Crippen LogP contribution is 2.18. The lowest BCUT2D eigenvalue weighted by atomic mass is 10.3. The van der Waals surface area contributed by atoms with Gasteiger partial charge in [0.15, 0.2) is 0 Å². The fourth-order valence-corrected chi connectivity index (χ4v) is 1.51. The number of nitrogens with one attached hydrogen (secondary N) is 1. The Bertz CT molecular complexity index is 366. The van der Waals surface area contributed by atoms with E-state index in [2.05, 4.69) is 5.32 Å². The Morgan fingerprint density at radius 3 is 2.47 bits per heavy atom. The minimum absolute atomic E-state index is 0.365. The predicted molar refractivity (Wildman–Crippen MR) is 73.4 cm³/mol. The number of benzene rings is 1. The van der Waals surface area contributed by atoms with E-state index in [1.807, 2.05) is 0 Å². The van der Waals surface area contributed by atoms with Crippen molar-refractivity contribution in [3.8, 4) is 0 Å². The lowest BCUT2D eigenvalue weighted by Crippen LogP contribution is -2.14. The van der Waals surface area contributed by atoms with Crippen molar-refractivity contribution < 1.29 is 18.6 Å². The molecule has 4 nitrogen and oxygen atoms in total. The zero-order valence-electron chi connectivity index (χ0n) is 11.0. The summed E-state index contributed by atoms with van der Waals surface area (Å²) in [6.45, 7) is 3.19. The summed E-state index contributed by atoms with van der Waals surface area (Å²) in [5.74, 6) is -0.365. The summed E-state index contributed by atoms with van der Waals surface area (Å²) in [5.41, 5.74) is 0.421. The summed E-state index contributed by atoms with van der Waals surface area (Å²) < 4.78 is 28.8. The third-order valence-electron chi connectivity index (χ3n) is 2.30. The van der Waals surface area contributed by atoms with Gasteiger partial charge in [0, 0.05) is 18.7 Å². The minimum atomic E-state index is -0.365. The Labute approximate surface area is 117 Å². The van der Waals surface area contributed by atoms with Gasteiger partial charge in [-0.25, -0.2) is 4.39 Å². The standard InChI is InChI=1S/C13H19ClFNO3/c1-17-6-7-19-9-8-18-5-4-16-13-3-2-11(14)10-12(13)15/h2-3,10,16H,4-9H2,1H3. The number of rotatable bonds is 10. The molecule has 1 N–H and O–H groups in total. The molecule has 1 aromatic carbocycles. The lowest BCUT2D eigenvalue weighted by Gasteiger charge is -2.08. The third kappa shape index (κ3) is 7.32. The van der Waals surface area contributed by atoms with E-state index in [4.69, 9.17) is 25.8 Å². The number of anilines is 1. The molecule has 0 atom stereocenters. The average molecular weight is 292 g/mol. The van der Waals surface area contributed by atoms with E-state index in [-0.39, 0.29) is 5.82 Å². The maximum absolute atomic E-state index is 13.4. The number of halogens is 2. The molecule has 0 aromatic heterocycles. The molecule has 0 unspecified atom stereocenters. The van der Waals surface area contributed by atoms with Gasteiger partial charge in [-0.1, -0.05) is 11.6 Å². The van der Waals surface area contributed by atoms with E-state index in [1.165, 1.54) is 6.07 Å². The number of hydrogen-bond acceptors (Lipinski definition) is 4. The van der Waals surface area contributed by atoms with Crippen LogP contribution in [-0.2, 0) is 14.2 Å². The maximum Gasteiger partial charge on any atom is 0.147 e. The van der Waals surface area contributed by atoms with Gasteiger partial charge in [0.05, 0.1) is 38.7 Å². The van der Waals surface area contributed by atoms with E-state index < -0.39 is 0 Å². The molecule has 0 amide bonds. The van der Waals surface area contributed by atoms with Crippen LogP contribution in [-0.4, -0.2) is 46.7 Å². The molecule has 0 saturated heterocycles. The highest BCUT2D eigenvalue weighted by molar-refractivity contribution is 6.30. The van der Waals surface area contributed by atoms with Crippen LogP contribution >= 0.6 is 11.6 Å². The van der Waals surface area contributed by atoms with Gasteiger partial charge in [0.1, 0.15) is 5.82 Å². The van der Waals surface area contributed by atoms with Crippen LogP contribution in [0.25, 0.3) is 0 Å². The van der Waals surface area contributed by atoms with Gasteiger partial charge in [0.25, 0.3) is 0 Å². The molecule has 6 heteroatoms. The van der Waals surface area contributed by atoms with Crippen LogP contribution in [0.3, 0.4) is 0 Å². The second-order valence-electron chi connectivity index (χ2n) is 3.77. The fraction of sp³-hybridized carbons (Fsp3) is 0.538. The zero-order chi connectivity index (χ0) is 13.9. The lowest BCUT2D eigenvalue weighted by molar-refractivity contribution is 0.0272. The molecule has 0 aliphatic carbocycles. The first-order valence-electron chi connectivity index (χ1n) is 6.07. The van der Waals surface area contributed by atoms with E-state index >= 15 is 0 Å². The molecule has 0 bridgehead atoms. The molecule has 0 heterocycles. The number of hydrogen-bond donors (Lipinski definition) is 1. The van der Waals surface area contributed by atoms with Crippen molar-refractivity contribution in [3.05, 3.63) is 29.0 Å². The zero-order valence-corrected chi connectivity index (χ0v) is 11.7. The van der Waals surface area contributed by atoms with Crippen LogP contribution < -0.4 is 5.32 Å². The summed E-state index contributed by atoms with van der Waals surface area (Å²) in [6, 6.07) is 4.51. The van der Waals surface area contributed by atoms with Crippen LogP contribution in [0.5, 0.6) is 0 Å². The van der Waals surface area contributed by atoms with Gasteiger partial charge in [0.2, 0.25) is 0 Å². The molecule has 0 spiro atoms. The van der Waals surface area contributed by atoms with Gasteiger partial charge in [-0.2, -0.15) is 0 Å². The molecule has 0 saturated carbocycles. The Balaban J connectivity index is 2.01. The summed E-state index contributed by atoms with van der Waals surface area (Å²) in [5, 5.41) is 3.31. The second-order valence-corrected chi connectivity index (χ2v) is 4.20. The Morgan fingerprint density at radius 2 is 1.79 bits per heavy atom. The molecule has 1 aromatic rings. The van der Waals surface area contributed by atoms with Crippen LogP contribution in [0.4, 0.5) is 10.1 Å². The first kappa shape index (κ1) is 16.2. The Kier molecular flexibility index (Phi) is 8.49. The molecule has 108 valence electrons. The smallest absolute Gasteiger partial charge is 0.147 e. The van der Waals surface area contributed by atoms with Crippen molar-refractivity contribution in [2.24, 2.45) is 0 Å². The van der Waals surface area contributed by atoms with E-state index in [0.717, 1.165) is 0 Å². The summed E-state index contributed by atoms with van der Waals surface area (Å²) in [7, 11) is 1.63. The molecule has 1 rings (SSSR count). The van der Waals surface area contributed by atoms with Gasteiger partial charge < -0.3 is 19.5 Å². The summed E-state index contributed by atoms with van der Waals surface area (Å²) in [4.78, 5) is 0. The largest absolute Gasteiger partial charge is 0.382 e. The Morgan fingerprint density at radius 1 is 1.11 bits per heavy atom. The highest BCUT2D eigenvalue weighted by Gasteiger charge is 2.01. The summed E-state index contributed by atoms with van der Waals surface area (Å²) in [6.07, 6.45) is 0. The van der Waals surface area contributed by atoms with Crippen molar-refractivity contribution in [2.75, 3.05) is 52.0 Å². The average Bonchev–Trinajstić information content (AvgIpc) is 2.39. The predicted octanol–water partition coefficient (Wildman–Crippen LogP) is 2.57. The SMILES string of the molecule is COCCOCCOCCNc1ccc(Cl)cc1F. The van der Waals surface area contributed by atoms with Crippen molar-refractivity contribution in [3.63, 3.8) is 0 Å². The molecular formula is C13H19ClFNO3. The van der Waals surface area contributed by atoms with Crippen molar-refractivity contribution in [2.45, 2.75) is 0 Å². The van der Waals surface area contributed by atoms with Crippen LogP contribution in [0.2, 0.25) is 5.02 Å². The normalized spacial score (nSPS) is 10.7. The number of methoxy groups -OCH3 is 1. The monoisotopic (exact) mass is 291 g/mol. The minimum Gasteiger partial charge on any atom is -0.382 e. The third-order valence-corrected chi connectivity index (χ3v) is 2.53. The van der Waals surface area contributed by atoms with Crippen LogP contribution in [0.15, 0.2) is 18.2 Å². The molecule has 19 heavy (non-hydrogen) atoms. The highest BCUT2D eigenvalue weighted by atomic mass is 35.5. The van der Waals surface area contributed by atoms with Gasteiger partial charge in [-0.3, -0.25) is 0 Å². The van der Waals surface area contributed by atoms with Gasteiger partial charge in [-0.05, 0) is 18.2 Å². The summed E-state index contributed by atoms with van der Waals surface area (Å²) >= 11 is 5.66. The first-order chi connectivity index (χ1) is 9.24. The van der Waals surface area contributed by atoms with Gasteiger partial charge >= 0.3 is 0 Å². The molecular weight excluding hydrogens is 273 g/mol. The van der Waals surface area contributed by atoms with Crippen molar-refractivity contribution in [1.82, 2.24) is 0 Å². The molecule has 0 aliphatic rings. The van der Waals surface area contributed by atoms with E-state index in [0.29, 0.717) is 50.3 Å². The van der Waals surface area contributed by atoms with E-state index in [9.17, 15) is 4.39 Å². The van der Waals surface area contributed by atoms with Crippen LogP contribution in [0.1, 0.15) is 0 Å². The number of ether oxygens (including phenoxy) is 3.